The number of hydrogen-bond acceptors (Lipinski definition) is 5. The Bertz CT molecular complexity index is 515. The van der Waals surface area contributed by atoms with E-state index in [0.717, 1.165) is 45.7 Å². The van der Waals surface area contributed by atoms with Crippen LogP contribution in [0.3, 0.4) is 0 Å². The molecule has 0 radical (unpaired) electrons. The van der Waals surface area contributed by atoms with Gasteiger partial charge in [0.2, 0.25) is 5.91 Å². The summed E-state index contributed by atoms with van der Waals surface area (Å²) in [5, 5.41) is 2.12. The highest BCUT2D eigenvalue weighted by atomic mass is 32.1. The van der Waals surface area contributed by atoms with Crippen molar-refractivity contribution in [2.45, 2.75) is 37.6 Å². The molecule has 0 bridgehead atoms. The van der Waals surface area contributed by atoms with Crippen LogP contribution < -0.4 is 0 Å². The third-order valence-corrected chi connectivity index (χ3v) is 5.78. The van der Waals surface area contributed by atoms with Crippen molar-refractivity contribution in [3.8, 4) is 0 Å². The molecule has 0 saturated carbocycles. The fourth-order valence-corrected chi connectivity index (χ4v) is 4.64. The Hall–Kier alpha value is -0.950. The quantitative estimate of drug-likeness (QED) is 0.842. The first kappa shape index (κ1) is 14.6. The van der Waals surface area contributed by atoms with Gasteiger partial charge in [-0.25, -0.2) is 0 Å². The summed E-state index contributed by atoms with van der Waals surface area (Å²) in [6.45, 7) is 4.59. The van der Waals surface area contributed by atoms with Crippen molar-refractivity contribution in [2.24, 2.45) is 0 Å². The lowest BCUT2D eigenvalue weighted by atomic mass is 10.0. The van der Waals surface area contributed by atoms with Gasteiger partial charge in [0.25, 0.3) is 0 Å². The number of carbonyl (C=O) groups is 1. The number of fused-ring (bicyclic) bond motifs is 1. The molecular formula is C16H22N2O3S. The van der Waals surface area contributed by atoms with Crippen LogP contribution in [-0.2, 0) is 20.8 Å². The Morgan fingerprint density at radius 1 is 1.27 bits per heavy atom. The van der Waals surface area contributed by atoms with Gasteiger partial charge in [0, 0.05) is 43.8 Å². The van der Waals surface area contributed by atoms with Crippen molar-refractivity contribution in [3.05, 3.63) is 22.4 Å². The van der Waals surface area contributed by atoms with E-state index < -0.39 is 0 Å². The maximum atomic E-state index is 12.4. The minimum Gasteiger partial charge on any atom is -0.381 e. The molecule has 3 fully saturated rings. The van der Waals surface area contributed by atoms with E-state index in [1.165, 1.54) is 4.88 Å². The van der Waals surface area contributed by atoms with Crippen LogP contribution in [0, 0.1) is 0 Å². The minimum absolute atomic E-state index is 0.158. The van der Waals surface area contributed by atoms with Crippen LogP contribution in [-0.4, -0.2) is 66.8 Å². The second-order valence-electron chi connectivity index (χ2n) is 6.33. The Balaban J connectivity index is 1.47. The van der Waals surface area contributed by atoms with Crippen LogP contribution in [0.2, 0.25) is 0 Å². The van der Waals surface area contributed by atoms with Crippen LogP contribution in [0.5, 0.6) is 0 Å². The highest BCUT2D eigenvalue weighted by molar-refractivity contribution is 7.09. The van der Waals surface area contributed by atoms with E-state index in [4.69, 9.17) is 9.47 Å². The molecule has 0 unspecified atom stereocenters. The molecule has 0 aromatic carbocycles. The smallest absolute Gasteiger partial charge is 0.249 e. The fraction of sp³-hybridized carbons (Fsp3) is 0.688. The number of ether oxygens (including phenoxy) is 2. The normalized spacial score (nSPS) is 30.7. The fourth-order valence-electron chi connectivity index (χ4n) is 3.89. The molecule has 3 saturated heterocycles. The summed E-state index contributed by atoms with van der Waals surface area (Å²) in [6, 6.07) is 4.82. The van der Waals surface area contributed by atoms with Gasteiger partial charge in [-0.1, -0.05) is 6.07 Å². The van der Waals surface area contributed by atoms with E-state index >= 15 is 0 Å². The van der Waals surface area contributed by atoms with Gasteiger partial charge in [0.05, 0.1) is 12.1 Å². The van der Waals surface area contributed by atoms with Crippen molar-refractivity contribution in [1.82, 2.24) is 9.80 Å². The largest absolute Gasteiger partial charge is 0.381 e. The van der Waals surface area contributed by atoms with Crippen molar-refractivity contribution in [2.75, 3.05) is 32.9 Å². The van der Waals surface area contributed by atoms with E-state index in [2.05, 4.69) is 27.3 Å². The number of nitrogens with zero attached hydrogens (tertiary/aromatic N) is 2. The second-order valence-corrected chi connectivity index (χ2v) is 7.37. The van der Waals surface area contributed by atoms with Crippen molar-refractivity contribution in [1.29, 1.82) is 0 Å². The van der Waals surface area contributed by atoms with Gasteiger partial charge >= 0.3 is 0 Å². The predicted molar refractivity (Wildman–Crippen MR) is 83.8 cm³/mol. The van der Waals surface area contributed by atoms with Crippen LogP contribution in [0.15, 0.2) is 17.5 Å². The summed E-state index contributed by atoms with van der Waals surface area (Å²) in [4.78, 5) is 18.3. The van der Waals surface area contributed by atoms with Crippen molar-refractivity contribution >= 4 is 17.2 Å². The first-order valence-corrected chi connectivity index (χ1v) is 8.94. The van der Waals surface area contributed by atoms with E-state index in [0.29, 0.717) is 6.04 Å². The predicted octanol–water partition coefficient (Wildman–Crippen LogP) is 1.34. The number of likely N-dealkylation sites (tertiary alicyclic amines) is 1. The third kappa shape index (κ3) is 2.80. The molecule has 0 spiro atoms. The Morgan fingerprint density at radius 3 is 2.91 bits per heavy atom. The number of rotatable bonds is 3. The summed E-state index contributed by atoms with van der Waals surface area (Å²) in [5.74, 6) is 0.158. The molecular weight excluding hydrogens is 300 g/mol. The Kier molecular flexibility index (Phi) is 4.17. The van der Waals surface area contributed by atoms with E-state index in [1.807, 2.05) is 0 Å². The second kappa shape index (κ2) is 6.28. The highest BCUT2D eigenvalue weighted by Crippen LogP contribution is 2.29. The lowest BCUT2D eigenvalue weighted by Crippen LogP contribution is -2.58. The van der Waals surface area contributed by atoms with Gasteiger partial charge in [-0.15, -0.1) is 11.3 Å². The van der Waals surface area contributed by atoms with E-state index in [-0.39, 0.29) is 24.7 Å². The van der Waals surface area contributed by atoms with Crippen LogP contribution in [0.1, 0.15) is 17.7 Å². The number of thiophene rings is 1. The summed E-state index contributed by atoms with van der Waals surface area (Å²) >= 11 is 1.79. The molecule has 6 heteroatoms. The molecule has 4 heterocycles. The summed E-state index contributed by atoms with van der Waals surface area (Å²) in [5.41, 5.74) is 0. The molecule has 120 valence electrons. The summed E-state index contributed by atoms with van der Waals surface area (Å²) in [6.07, 6.45) is 2.08. The monoisotopic (exact) mass is 322 g/mol. The zero-order valence-electron chi connectivity index (χ0n) is 12.6. The van der Waals surface area contributed by atoms with Gasteiger partial charge in [0.1, 0.15) is 6.61 Å². The van der Waals surface area contributed by atoms with E-state index in [9.17, 15) is 4.79 Å². The summed E-state index contributed by atoms with van der Waals surface area (Å²) < 4.78 is 11.3. The molecule has 4 rings (SSSR count). The number of amides is 1. The summed E-state index contributed by atoms with van der Waals surface area (Å²) in [7, 11) is 0. The van der Waals surface area contributed by atoms with Crippen molar-refractivity contribution < 1.29 is 14.3 Å². The number of carbonyl (C=O) groups excluding carboxylic acids is 1. The van der Waals surface area contributed by atoms with Crippen LogP contribution in [0.4, 0.5) is 0 Å². The molecule has 0 aliphatic carbocycles. The van der Waals surface area contributed by atoms with Crippen molar-refractivity contribution in [3.63, 3.8) is 0 Å². The average molecular weight is 322 g/mol. The van der Waals surface area contributed by atoms with Crippen LogP contribution >= 0.6 is 11.3 Å². The zero-order valence-corrected chi connectivity index (χ0v) is 13.5. The molecule has 2 atom stereocenters. The topological polar surface area (TPSA) is 42.0 Å². The highest BCUT2D eigenvalue weighted by Gasteiger charge is 2.45. The number of hydrogen-bond donors (Lipinski definition) is 0. The maximum absolute atomic E-state index is 12.4. The molecule has 0 N–H and O–H groups in total. The lowest BCUT2D eigenvalue weighted by Gasteiger charge is -2.43. The maximum Gasteiger partial charge on any atom is 0.249 e. The molecule has 5 nitrogen and oxygen atoms in total. The lowest BCUT2D eigenvalue weighted by molar-refractivity contribution is -0.159. The average Bonchev–Trinajstić information content (AvgIpc) is 3.17. The molecule has 1 aromatic rings. The Morgan fingerprint density at radius 2 is 2.14 bits per heavy atom. The minimum atomic E-state index is 0.158. The molecule has 3 aliphatic heterocycles. The third-order valence-electron chi connectivity index (χ3n) is 4.92. The Labute approximate surface area is 134 Å². The standard InChI is InChI=1S/C16H22N2O3S/c19-16-11-21-15-10-17(8-13-2-1-7-22-13)9-14(15)18(16)12-3-5-20-6-4-12/h1-2,7,12,14-15H,3-6,8-11H2/t14-,15-/m0/s1. The van der Waals surface area contributed by atoms with Gasteiger partial charge < -0.3 is 14.4 Å². The zero-order chi connectivity index (χ0) is 14.9. The first-order chi connectivity index (χ1) is 10.8. The van der Waals surface area contributed by atoms with Gasteiger partial charge in [-0.3, -0.25) is 9.69 Å². The van der Waals surface area contributed by atoms with Crippen LogP contribution in [0.25, 0.3) is 0 Å². The van der Waals surface area contributed by atoms with Gasteiger partial charge in [-0.05, 0) is 24.3 Å². The van der Waals surface area contributed by atoms with E-state index in [1.54, 1.807) is 11.3 Å². The van der Waals surface area contributed by atoms with Gasteiger partial charge in [0.15, 0.2) is 0 Å². The first-order valence-electron chi connectivity index (χ1n) is 8.06. The molecule has 1 amide bonds. The molecule has 3 aliphatic rings. The van der Waals surface area contributed by atoms with Gasteiger partial charge in [-0.2, -0.15) is 0 Å². The molecule has 1 aromatic heterocycles. The number of morpholine rings is 1. The molecule has 22 heavy (non-hydrogen) atoms. The SMILES string of the molecule is O=C1CO[C@H]2CN(Cc3cccs3)C[C@@H]2N1C1CCOCC1.